The Balaban J connectivity index is 2.47. The van der Waals surface area contributed by atoms with Gasteiger partial charge in [0.25, 0.3) is 0 Å². The van der Waals surface area contributed by atoms with Gasteiger partial charge in [0.05, 0.1) is 4.47 Å². The summed E-state index contributed by atoms with van der Waals surface area (Å²) < 4.78 is 13.7. The van der Waals surface area contributed by atoms with Crippen molar-refractivity contribution in [1.82, 2.24) is 5.32 Å². The minimum absolute atomic E-state index is 0.191. The molecule has 0 saturated heterocycles. The first-order chi connectivity index (χ1) is 8.54. The molecular formula is C15H23BrFN. The quantitative estimate of drug-likeness (QED) is 0.735. The number of benzene rings is 1. The largest absolute Gasteiger partial charge is 0.316 e. The number of hydrogen-bond donors (Lipinski definition) is 1. The molecule has 1 aromatic rings. The minimum Gasteiger partial charge on any atom is -0.316 e. The zero-order chi connectivity index (χ0) is 13.5. The van der Waals surface area contributed by atoms with Crippen LogP contribution < -0.4 is 5.32 Å². The van der Waals surface area contributed by atoms with E-state index in [2.05, 4.69) is 42.0 Å². The molecule has 2 unspecified atom stereocenters. The molecule has 0 aromatic heterocycles. The van der Waals surface area contributed by atoms with Crippen LogP contribution in [0.15, 0.2) is 22.7 Å². The van der Waals surface area contributed by atoms with Crippen LogP contribution in [-0.4, -0.2) is 13.1 Å². The SMILES string of the molecule is CCCNCC(C)C(C)Cc1ccc(F)c(Br)c1. The van der Waals surface area contributed by atoms with Gasteiger partial charge in [-0.1, -0.05) is 26.8 Å². The van der Waals surface area contributed by atoms with Crippen LogP contribution in [0.2, 0.25) is 0 Å². The molecule has 0 saturated carbocycles. The third kappa shape index (κ3) is 5.07. The number of rotatable bonds is 7. The van der Waals surface area contributed by atoms with Crippen molar-refractivity contribution in [3.63, 3.8) is 0 Å². The minimum atomic E-state index is -0.191. The van der Waals surface area contributed by atoms with E-state index in [9.17, 15) is 4.39 Å². The Kier molecular flexibility index (Phi) is 6.87. The van der Waals surface area contributed by atoms with Crippen LogP contribution in [0.25, 0.3) is 0 Å². The molecule has 1 nitrogen and oxygen atoms in total. The Morgan fingerprint density at radius 3 is 2.61 bits per heavy atom. The summed E-state index contributed by atoms with van der Waals surface area (Å²) in [4.78, 5) is 0. The second kappa shape index (κ2) is 7.90. The van der Waals surface area contributed by atoms with E-state index in [4.69, 9.17) is 0 Å². The van der Waals surface area contributed by atoms with Crippen molar-refractivity contribution in [3.05, 3.63) is 34.1 Å². The van der Waals surface area contributed by atoms with Gasteiger partial charge in [0.2, 0.25) is 0 Å². The van der Waals surface area contributed by atoms with Crippen LogP contribution in [-0.2, 0) is 6.42 Å². The average Bonchev–Trinajstić information content (AvgIpc) is 2.34. The van der Waals surface area contributed by atoms with Crippen molar-refractivity contribution >= 4 is 15.9 Å². The molecule has 0 radical (unpaired) electrons. The zero-order valence-electron chi connectivity index (χ0n) is 11.5. The Hall–Kier alpha value is -0.410. The van der Waals surface area contributed by atoms with Crippen molar-refractivity contribution in [2.45, 2.75) is 33.6 Å². The van der Waals surface area contributed by atoms with Crippen molar-refractivity contribution in [3.8, 4) is 0 Å². The van der Waals surface area contributed by atoms with Crippen molar-refractivity contribution in [1.29, 1.82) is 0 Å². The van der Waals surface area contributed by atoms with E-state index in [0.29, 0.717) is 16.3 Å². The first-order valence-electron chi connectivity index (χ1n) is 6.69. The molecule has 18 heavy (non-hydrogen) atoms. The predicted octanol–water partition coefficient (Wildman–Crippen LogP) is 4.40. The van der Waals surface area contributed by atoms with Crippen molar-refractivity contribution < 1.29 is 4.39 Å². The average molecular weight is 316 g/mol. The van der Waals surface area contributed by atoms with Gasteiger partial charge >= 0.3 is 0 Å². The summed E-state index contributed by atoms with van der Waals surface area (Å²) in [6.45, 7) is 8.84. The highest BCUT2D eigenvalue weighted by Crippen LogP contribution is 2.21. The summed E-state index contributed by atoms with van der Waals surface area (Å²) in [6, 6.07) is 5.30. The Morgan fingerprint density at radius 1 is 1.28 bits per heavy atom. The summed E-state index contributed by atoms with van der Waals surface area (Å²) in [5, 5.41) is 3.45. The maximum Gasteiger partial charge on any atom is 0.137 e. The third-order valence-corrected chi connectivity index (χ3v) is 4.01. The molecule has 0 heterocycles. The normalized spacial score (nSPS) is 14.5. The monoisotopic (exact) mass is 315 g/mol. The van der Waals surface area contributed by atoms with E-state index in [0.717, 1.165) is 19.5 Å². The Morgan fingerprint density at radius 2 is 2.00 bits per heavy atom. The summed E-state index contributed by atoms with van der Waals surface area (Å²) in [7, 11) is 0. The Bertz CT molecular complexity index is 368. The van der Waals surface area contributed by atoms with Gasteiger partial charge in [-0.15, -0.1) is 0 Å². The fourth-order valence-corrected chi connectivity index (χ4v) is 2.37. The molecule has 3 heteroatoms. The van der Waals surface area contributed by atoms with E-state index in [-0.39, 0.29) is 5.82 Å². The lowest BCUT2D eigenvalue weighted by Crippen LogP contribution is -2.26. The van der Waals surface area contributed by atoms with Gasteiger partial charge in [0, 0.05) is 0 Å². The molecule has 2 atom stereocenters. The van der Waals surface area contributed by atoms with Gasteiger partial charge in [-0.3, -0.25) is 0 Å². The molecular weight excluding hydrogens is 293 g/mol. The molecule has 0 aliphatic carbocycles. The molecule has 0 aliphatic rings. The van der Waals surface area contributed by atoms with E-state index >= 15 is 0 Å². The van der Waals surface area contributed by atoms with Crippen LogP contribution in [0.3, 0.4) is 0 Å². The smallest absolute Gasteiger partial charge is 0.137 e. The fourth-order valence-electron chi connectivity index (χ4n) is 1.95. The molecule has 102 valence electrons. The van der Waals surface area contributed by atoms with Crippen LogP contribution in [0.5, 0.6) is 0 Å². The van der Waals surface area contributed by atoms with Crippen LogP contribution in [0.1, 0.15) is 32.8 Å². The fraction of sp³-hybridized carbons (Fsp3) is 0.600. The van der Waals surface area contributed by atoms with Gasteiger partial charge in [0.15, 0.2) is 0 Å². The van der Waals surface area contributed by atoms with Gasteiger partial charge in [0.1, 0.15) is 5.82 Å². The lowest BCUT2D eigenvalue weighted by atomic mass is 9.89. The second-order valence-electron chi connectivity index (χ2n) is 5.11. The summed E-state index contributed by atoms with van der Waals surface area (Å²) >= 11 is 3.24. The van der Waals surface area contributed by atoms with Gasteiger partial charge < -0.3 is 5.32 Å². The molecule has 0 spiro atoms. The van der Waals surface area contributed by atoms with Gasteiger partial charge in [-0.2, -0.15) is 0 Å². The highest BCUT2D eigenvalue weighted by Gasteiger charge is 2.13. The van der Waals surface area contributed by atoms with Crippen molar-refractivity contribution in [2.24, 2.45) is 11.8 Å². The number of halogens is 2. The standard InChI is InChI=1S/C15H23BrFN/c1-4-7-18-10-12(3)11(2)8-13-5-6-15(17)14(16)9-13/h5-6,9,11-12,18H,4,7-8,10H2,1-3H3. The summed E-state index contributed by atoms with van der Waals surface area (Å²) in [5.74, 6) is 1.02. The molecule has 0 amide bonds. The molecule has 1 N–H and O–H groups in total. The van der Waals surface area contributed by atoms with Gasteiger partial charge in [-0.05, 0) is 71.4 Å². The van der Waals surface area contributed by atoms with E-state index in [1.54, 1.807) is 0 Å². The second-order valence-corrected chi connectivity index (χ2v) is 5.97. The van der Waals surface area contributed by atoms with E-state index in [1.165, 1.54) is 18.1 Å². The Labute approximate surface area is 118 Å². The topological polar surface area (TPSA) is 12.0 Å². The lowest BCUT2D eigenvalue weighted by Gasteiger charge is -2.20. The third-order valence-electron chi connectivity index (χ3n) is 3.41. The molecule has 0 aliphatic heterocycles. The van der Waals surface area contributed by atoms with Gasteiger partial charge in [-0.25, -0.2) is 4.39 Å². The highest BCUT2D eigenvalue weighted by molar-refractivity contribution is 9.10. The first kappa shape index (κ1) is 15.6. The van der Waals surface area contributed by atoms with E-state index in [1.807, 2.05) is 12.1 Å². The predicted molar refractivity (Wildman–Crippen MR) is 79.3 cm³/mol. The molecule has 0 bridgehead atoms. The maximum atomic E-state index is 13.1. The van der Waals surface area contributed by atoms with Crippen molar-refractivity contribution in [2.75, 3.05) is 13.1 Å². The zero-order valence-corrected chi connectivity index (χ0v) is 13.1. The summed E-state index contributed by atoms with van der Waals surface area (Å²) in [6.07, 6.45) is 2.17. The number of nitrogens with one attached hydrogen (secondary N) is 1. The summed E-state index contributed by atoms with van der Waals surface area (Å²) in [5.41, 5.74) is 1.19. The lowest BCUT2D eigenvalue weighted by molar-refractivity contribution is 0.365. The number of hydrogen-bond acceptors (Lipinski definition) is 1. The molecule has 1 aromatic carbocycles. The van der Waals surface area contributed by atoms with Crippen LogP contribution >= 0.6 is 15.9 Å². The van der Waals surface area contributed by atoms with E-state index < -0.39 is 0 Å². The highest BCUT2D eigenvalue weighted by atomic mass is 79.9. The maximum absolute atomic E-state index is 13.1. The van der Waals surface area contributed by atoms with Crippen LogP contribution in [0.4, 0.5) is 4.39 Å². The van der Waals surface area contributed by atoms with Crippen LogP contribution in [0, 0.1) is 17.7 Å². The molecule has 1 rings (SSSR count). The molecule has 0 fully saturated rings. The first-order valence-corrected chi connectivity index (χ1v) is 7.48.